The van der Waals surface area contributed by atoms with Gasteiger partial charge in [0.2, 0.25) is 0 Å². The lowest BCUT2D eigenvalue weighted by Crippen LogP contribution is -2.49. The first-order chi connectivity index (χ1) is 12.2. The molecule has 0 bridgehead atoms. The van der Waals surface area contributed by atoms with E-state index in [0.717, 1.165) is 12.1 Å². The molecule has 1 N–H and O–H groups in total. The molecule has 1 amide bonds. The van der Waals surface area contributed by atoms with Crippen LogP contribution >= 0.6 is 23.7 Å². The van der Waals surface area contributed by atoms with Crippen molar-refractivity contribution < 1.29 is 19.0 Å². The SMILES string of the molecule is COc1ccc(CN(C(=O)C2CNCCO2)c2nccs2)c(OC)c1.Cl. The third kappa shape index (κ3) is 4.64. The molecule has 2 aromatic rings. The average Bonchev–Trinajstić information content (AvgIpc) is 3.20. The minimum atomic E-state index is -0.512. The van der Waals surface area contributed by atoms with Gasteiger partial charge in [0, 0.05) is 36.3 Å². The molecular formula is C17H22ClN3O4S. The first kappa shape index (κ1) is 20.4. The van der Waals surface area contributed by atoms with Crippen molar-refractivity contribution in [1.29, 1.82) is 0 Å². The molecule has 0 radical (unpaired) electrons. The number of methoxy groups -OCH3 is 2. The van der Waals surface area contributed by atoms with Crippen molar-refractivity contribution >= 4 is 34.8 Å². The van der Waals surface area contributed by atoms with Crippen LogP contribution in [0, 0.1) is 0 Å². The number of hydrogen-bond acceptors (Lipinski definition) is 7. The molecule has 1 aromatic carbocycles. The zero-order valence-electron chi connectivity index (χ0n) is 14.6. The van der Waals surface area contributed by atoms with Gasteiger partial charge in [-0.15, -0.1) is 23.7 Å². The molecule has 1 aliphatic rings. The number of carbonyl (C=O) groups is 1. The third-order valence-electron chi connectivity index (χ3n) is 3.94. The fraction of sp³-hybridized carbons (Fsp3) is 0.412. The summed E-state index contributed by atoms with van der Waals surface area (Å²) in [5.74, 6) is 1.25. The first-order valence-corrected chi connectivity index (χ1v) is 8.85. The summed E-state index contributed by atoms with van der Waals surface area (Å²) in [5, 5.41) is 5.67. The molecule has 3 rings (SSSR count). The summed E-state index contributed by atoms with van der Waals surface area (Å²) in [4.78, 5) is 18.9. The van der Waals surface area contributed by atoms with Gasteiger partial charge >= 0.3 is 0 Å². The van der Waals surface area contributed by atoms with Crippen molar-refractivity contribution in [2.45, 2.75) is 12.6 Å². The number of thiazole rings is 1. The van der Waals surface area contributed by atoms with Crippen LogP contribution in [0.4, 0.5) is 5.13 Å². The van der Waals surface area contributed by atoms with Crippen LogP contribution in [0.1, 0.15) is 5.56 Å². The minimum Gasteiger partial charge on any atom is -0.497 e. The molecular weight excluding hydrogens is 378 g/mol. The summed E-state index contributed by atoms with van der Waals surface area (Å²) in [7, 11) is 3.20. The van der Waals surface area contributed by atoms with E-state index >= 15 is 0 Å². The van der Waals surface area contributed by atoms with Gasteiger partial charge in [0.1, 0.15) is 17.6 Å². The quantitative estimate of drug-likeness (QED) is 0.802. The highest BCUT2D eigenvalue weighted by Crippen LogP contribution is 2.29. The molecule has 1 unspecified atom stereocenters. The second-order valence-corrected chi connectivity index (χ2v) is 6.35. The smallest absolute Gasteiger partial charge is 0.259 e. The standard InChI is InChI=1S/C17H21N3O4S.ClH/c1-22-13-4-3-12(14(9-13)23-2)11-20(17-19-6-8-25-17)16(21)15-10-18-5-7-24-15;/h3-4,6,8-9,15,18H,5,7,10-11H2,1-2H3;1H. The van der Waals surface area contributed by atoms with Crippen LogP contribution in [-0.2, 0) is 16.1 Å². The number of rotatable bonds is 6. The maximum atomic E-state index is 13.0. The van der Waals surface area contributed by atoms with Gasteiger partial charge in [0.05, 0.1) is 27.4 Å². The maximum absolute atomic E-state index is 13.0. The molecule has 9 heteroatoms. The normalized spacial score (nSPS) is 16.5. The second kappa shape index (κ2) is 9.72. The van der Waals surface area contributed by atoms with E-state index in [9.17, 15) is 4.79 Å². The van der Waals surface area contributed by atoms with Gasteiger partial charge in [0.15, 0.2) is 5.13 Å². The highest BCUT2D eigenvalue weighted by molar-refractivity contribution is 7.13. The van der Waals surface area contributed by atoms with Crippen molar-refractivity contribution in [1.82, 2.24) is 10.3 Å². The van der Waals surface area contributed by atoms with Gasteiger partial charge in [0.25, 0.3) is 5.91 Å². The van der Waals surface area contributed by atoms with Crippen molar-refractivity contribution in [3.63, 3.8) is 0 Å². The minimum absolute atomic E-state index is 0. The Labute approximate surface area is 162 Å². The predicted molar refractivity (Wildman–Crippen MR) is 103 cm³/mol. The summed E-state index contributed by atoms with van der Waals surface area (Å²) in [6, 6.07) is 5.55. The Hall–Kier alpha value is -1.87. The molecule has 2 heterocycles. The summed E-state index contributed by atoms with van der Waals surface area (Å²) < 4.78 is 16.3. The summed E-state index contributed by atoms with van der Waals surface area (Å²) in [6.07, 6.45) is 1.17. The fourth-order valence-corrected chi connectivity index (χ4v) is 3.29. The topological polar surface area (TPSA) is 72.9 Å². The van der Waals surface area contributed by atoms with Gasteiger partial charge in [-0.25, -0.2) is 4.98 Å². The molecule has 142 valence electrons. The number of aromatic nitrogens is 1. The fourth-order valence-electron chi connectivity index (χ4n) is 2.64. The van der Waals surface area contributed by atoms with E-state index < -0.39 is 6.10 Å². The van der Waals surface area contributed by atoms with Crippen molar-refractivity contribution in [3.8, 4) is 11.5 Å². The van der Waals surface area contributed by atoms with E-state index in [1.54, 1.807) is 31.4 Å². The van der Waals surface area contributed by atoms with E-state index in [0.29, 0.717) is 36.3 Å². The van der Waals surface area contributed by atoms with Crippen LogP contribution in [0.15, 0.2) is 29.8 Å². The number of benzene rings is 1. The van der Waals surface area contributed by atoms with E-state index in [1.807, 2.05) is 17.5 Å². The maximum Gasteiger partial charge on any atom is 0.259 e. The number of morpholine rings is 1. The molecule has 1 fully saturated rings. The Kier molecular flexibility index (Phi) is 7.65. The Morgan fingerprint density at radius 2 is 2.27 bits per heavy atom. The van der Waals surface area contributed by atoms with E-state index in [-0.39, 0.29) is 18.3 Å². The average molecular weight is 400 g/mol. The summed E-state index contributed by atoms with van der Waals surface area (Å²) >= 11 is 1.42. The first-order valence-electron chi connectivity index (χ1n) is 7.97. The Balaban J connectivity index is 0.00000243. The number of ether oxygens (including phenoxy) is 3. The number of anilines is 1. The Bertz CT molecular complexity index is 708. The van der Waals surface area contributed by atoms with Gasteiger partial charge in [-0.3, -0.25) is 9.69 Å². The molecule has 0 aliphatic carbocycles. The number of nitrogens with zero attached hydrogens (tertiary/aromatic N) is 2. The van der Waals surface area contributed by atoms with E-state index in [1.165, 1.54) is 11.3 Å². The van der Waals surface area contributed by atoms with Crippen LogP contribution in [0.25, 0.3) is 0 Å². The third-order valence-corrected chi connectivity index (χ3v) is 4.74. The molecule has 1 aromatic heterocycles. The molecule has 7 nitrogen and oxygen atoms in total. The van der Waals surface area contributed by atoms with Gasteiger partial charge < -0.3 is 19.5 Å². The largest absolute Gasteiger partial charge is 0.497 e. The number of hydrogen-bond donors (Lipinski definition) is 1. The van der Waals surface area contributed by atoms with Crippen LogP contribution in [0.3, 0.4) is 0 Å². The lowest BCUT2D eigenvalue weighted by atomic mass is 10.1. The number of carbonyl (C=O) groups excluding carboxylic acids is 1. The highest BCUT2D eigenvalue weighted by Gasteiger charge is 2.29. The van der Waals surface area contributed by atoms with Crippen molar-refractivity contribution in [2.75, 3.05) is 38.8 Å². The number of nitrogens with one attached hydrogen (secondary N) is 1. The van der Waals surface area contributed by atoms with Crippen LogP contribution < -0.4 is 19.7 Å². The summed E-state index contributed by atoms with van der Waals surface area (Å²) in [6.45, 7) is 2.13. The van der Waals surface area contributed by atoms with E-state index in [4.69, 9.17) is 14.2 Å². The van der Waals surface area contributed by atoms with E-state index in [2.05, 4.69) is 10.3 Å². The number of halogens is 1. The monoisotopic (exact) mass is 399 g/mol. The molecule has 1 aliphatic heterocycles. The lowest BCUT2D eigenvalue weighted by molar-refractivity contribution is -0.131. The van der Waals surface area contributed by atoms with Crippen LogP contribution in [0.5, 0.6) is 11.5 Å². The second-order valence-electron chi connectivity index (χ2n) is 5.48. The van der Waals surface area contributed by atoms with Gasteiger partial charge in [-0.1, -0.05) is 0 Å². The molecule has 0 spiro atoms. The van der Waals surface area contributed by atoms with Crippen molar-refractivity contribution in [3.05, 3.63) is 35.3 Å². The molecule has 1 saturated heterocycles. The predicted octanol–water partition coefficient (Wildman–Crippen LogP) is 2.10. The zero-order valence-corrected chi connectivity index (χ0v) is 16.3. The van der Waals surface area contributed by atoms with Gasteiger partial charge in [-0.05, 0) is 12.1 Å². The zero-order chi connectivity index (χ0) is 17.6. The lowest BCUT2D eigenvalue weighted by Gasteiger charge is -2.28. The van der Waals surface area contributed by atoms with Gasteiger partial charge in [-0.2, -0.15) is 0 Å². The highest BCUT2D eigenvalue weighted by atomic mass is 35.5. The van der Waals surface area contributed by atoms with Crippen molar-refractivity contribution in [2.24, 2.45) is 0 Å². The Morgan fingerprint density at radius 1 is 1.42 bits per heavy atom. The summed E-state index contributed by atoms with van der Waals surface area (Å²) in [5.41, 5.74) is 0.871. The van der Waals surface area contributed by atoms with Crippen LogP contribution in [-0.4, -0.2) is 50.9 Å². The van der Waals surface area contributed by atoms with Crippen LogP contribution in [0.2, 0.25) is 0 Å². The molecule has 0 saturated carbocycles. The molecule has 1 atom stereocenters. The Morgan fingerprint density at radius 3 is 2.88 bits per heavy atom. The molecule has 26 heavy (non-hydrogen) atoms. The number of amides is 1.